The summed E-state index contributed by atoms with van der Waals surface area (Å²) in [5.74, 6) is 0.678. The summed E-state index contributed by atoms with van der Waals surface area (Å²) in [6.07, 6.45) is 3.37. The molecule has 150 valence electrons. The molecule has 8 heteroatoms. The van der Waals surface area contributed by atoms with Crippen LogP contribution in [0.5, 0.6) is 0 Å². The van der Waals surface area contributed by atoms with Crippen LogP contribution in [-0.4, -0.2) is 30.1 Å². The number of nitrogen functional groups attached to an aromatic ring is 1. The zero-order valence-electron chi connectivity index (χ0n) is 16.5. The number of para-hydroxylation sites is 1. The van der Waals surface area contributed by atoms with Crippen LogP contribution in [0.25, 0.3) is 55.3 Å². The molecule has 5 aromatic heterocycles. The molecular weight excluding hydrogens is 406 g/mol. The van der Waals surface area contributed by atoms with E-state index < -0.39 is 0 Å². The number of fused-ring (bicyclic) bond motifs is 2. The molecule has 0 bridgehead atoms. The van der Waals surface area contributed by atoms with E-state index >= 15 is 0 Å². The quantitative estimate of drug-likeness (QED) is 0.363. The maximum Gasteiger partial charge on any atom is 0.161 e. The summed E-state index contributed by atoms with van der Waals surface area (Å²) in [7, 11) is 0. The molecule has 31 heavy (non-hydrogen) atoms. The third-order valence-corrected chi connectivity index (χ3v) is 6.24. The van der Waals surface area contributed by atoms with Crippen molar-refractivity contribution in [2.45, 2.75) is 6.92 Å². The maximum absolute atomic E-state index is 5.89. The van der Waals surface area contributed by atoms with Gasteiger partial charge in [-0.2, -0.15) is 5.10 Å². The molecule has 6 aromatic rings. The molecule has 0 fully saturated rings. The summed E-state index contributed by atoms with van der Waals surface area (Å²) in [5, 5.41) is 7.56. The van der Waals surface area contributed by atoms with Gasteiger partial charge in [-0.3, -0.25) is 10.1 Å². The standard InChI is InChI=1S/C23H17N7S/c1-12-5-8-19(31-12)15-3-2-4-17-20(15)28-23(27-17)22-21-18(29-30-22)7-6-16(26-21)13-9-14(24)11-25-10-13/h2-11H,24H2,1H3,(H,27,28)(H,29,30). The SMILES string of the molecule is Cc1ccc(-c2cccc3[nH]c(-c4n[nH]c5ccc(-c6cncc(N)c6)nc45)nc23)s1. The van der Waals surface area contributed by atoms with Gasteiger partial charge in [0.15, 0.2) is 11.5 Å². The summed E-state index contributed by atoms with van der Waals surface area (Å²) in [4.78, 5) is 19.8. The van der Waals surface area contributed by atoms with Crippen LogP contribution in [0.1, 0.15) is 4.88 Å². The number of imidazole rings is 1. The number of anilines is 1. The lowest BCUT2D eigenvalue weighted by Gasteiger charge is -2.02. The fourth-order valence-electron chi connectivity index (χ4n) is 3.75. The van der Waals surface area contributed by atoms with E-state index in [4.69, 9.17) is 15.7 Å². The number of nitrogens with two attached hydrogens (primary N) is 1. The van der Waals surface area contributed by atoms with Gasteiger partial charge in [0.25, 0.3) is 0 Å². The fraction of sp³-hybridized carbons (Fsp3) is 0.0435. The van der Waals surface area contributed by atoms with Crippen molar-refractivity contribution in [2.75, 3.05) is 5.73 Å². The normalized spacial score (nSPS) is 11.5. The topological polar surface area (TPSA) is 109 Å². The first-order chi connectivity index (χ1) is 15.2. The van der Waals surface area contributed by atoms with Crippen molar-refractivity contribution < 1.29 is 0 Å². The second kappa shape index (κ2) is 6.75. The minimum atomic E-state index is 0.598. The first-order valence-corrected chi connectivity index (χ1v) is 10.6. The number of hydrogen-bond donors (Lipinski definition) is 3. The molecular formula is C23H17N7S. The number of aromatic amines is 2. The van der Waals surface area contributed by atoms with Crippen LogP contribution in [0.2, 0.25) is 0 Å². The minimum absolute atomic E-state index is 0.598. The largest absolute Gasteiger partial charge is 0.397 e. The number of thiophene rings is 1. The Balaban J connectivity index is 1.51. The van der Waals surface area contributed by atoms with E-state index in [2.05, 4.69) is 45.3 Å². The highest BCUT2D eigenvalue weighted by atomic mass is 32.1. The molecule has 1 aromatic carbocycles. The first kappa shape index (κ1) is 17.8. The molecule has 6 rings (SSSR count). The van der Waals surface area contributed by atoms with Crippen LogP contribution >= 0.6 is 11.3 Å². The fourth-order valence-corrected chi connectivity index (χ4v) is 4.64. The summed E-state index contributed by atoms with van der Waals surface area (Å²) >= 11 is 1.76. The van der Waals surface area contributed by atoms with E-state index in [1.807, 2.05) is 30.3 Å². The summed E-state index contributed by atoms with van der Waals surface area (Å²) < 4.78 is 0. The highest BCUT2D eigenvalue weighted by Gasteiger charge is 2.17. The Labute approximate surface area is 181 Å². The Morgan fingerprint density at radius 2 is 1.87 bits per heavy atom. The van der Waals surface area contributed by atoms with E-state index in [1.165, 1.54) is 9.75 Å². The highest BCUT2D eigenvalue weighted by molar-refractivity contribution is 7.15. The highest BCUT2D eigenvalue weighted by Crippen LogP contribution is 2.34. The lowest BCUT2D eigenvalue weighted by atomic mass is 10.1. The van der Waals surface area contributed by atoms with Crippen molar-refractivity contribution in [1.82, 2.24) is 30.1 Å². The number of aromatic nitrogens is 6. The number of pyridine rings is 2. The first-order valence-electron chi connectivity index (χ1n) is 9.78. The third-order valence-electron chi connectivity index (χ3n) is 5.21. The zero-order chi connectivity index (χ0) is 20.9. The van der Waals surface area contributed by atoms with E-state index in [1.54, 1.807) is 23.7 Å². The number of hydrogen-bond acceptors (Lipinski definition) is 6. The monoisotopic (exact) mass is 423 g/mol. The Hall–Kier alpha value is -4.04. The van der Waals surface area contributed by atoms with Crippen LogP contribution < -0.4 is 5.73 Å². The molecule has 0 aliphatic heterocycles. The molecule has 0 atom stereocenters. The predicted molar refractivity (Wildman–Crippen MR) is 125 cm³/mol. The molecule has 5 heterocycles. The molecule has 0 saturated carbocycles. The second-order valence-corrected chi connectivity index (χ2v) is 8.66. The van der Waals surface area contributed by atoms with Crippen LogP contribution in [0, 0.1) is 6.92 Å². The Morgan fingerprint density at radius 1 is 0.935 bits per heavy atom. The van der Waals surface area contributed by atoms with Crippen molar-refractivity contribution >= 4 is 39.1 Å². The Morgan fingerprint density at radius 3 is 2.71 bits per heavy atom. The van der Waals surface area contributed by atoms with E-state index in [0.29, 0.717) is 17.2 Å². The van der Waals surface area contributed by atoms with Crippen molar-refractivity contribution in [3.05, 3.63) is 65.8 Å². The molecule has 4 N–H and O–H groups in total. The van der Waals surface area contributed by atoms with Gasteiger partial charge in [-0.25, -0.2) is 9.97 Å². The molecule has 0 aliphatic carbocycles. The third kappa shape index (κ3) is 2.96. The smallest absolute Gasteiger partial charge is 0.161 e. The van der Waals surface area contributed by atoms with Gasteiger partial charge in [0.05, 0.1) is 27.9 Å². The van der Waals surface area contributed by atoms with Crippen LogP contribution in [0.3, 0.4) is 0 Å². The van der Waals surface area contributed by atoms with Gasteiger partial charge in [0.1, 0.15) is 5.52 Å². The summed E-state index contributed by atoms with van der Waals surface area (Å²) in [5.41, 5.74) is 13.4. The molecule has 0 saturated heterocycles. The number of benzene rings is 1. The Bertz CT molecular complexity index is 1570. The van der Waals surface area contributed by atoms with E-state index in [0.717, 1.165) is 38.9 Å². The molecule has 0 radical (unpaired) electrons. The molecule has 7 nitrogen and oxygen atoms in total. The molecule has 0 spiro atoms. The van der Waals surface area contributed by atoms with Gasteiger partial charge in [-0.1, -0.05) is 12.1 Å². The van der Waals surface area contributed by atoms with E-state index in [9.17, 15) is 0 Å². The van der Waals surface area contributed by atoms with Gasteiger partial charge < -0.3 is 10.7 Å². The summed E-state index contributed by atoms with van der Waals surface area (Å²) in [6, 6.07) is 16.2. The van der Waals surface area contributed by atoms with Gasteiger partial charge in [-0.15, -0.1) is 11.3 Å². The zero-order valence-corrected chi connectivity index (χ0v) is 17.4. The number of H-pyrrole nitrogens is 2. The summed E-state index contributed by atoms with van der Waals surface area (Å²) in [6.45, 7) is 2.11. The van der Waals surface area contributed by atoms with Gasteiger partial charge in [0.2, 0.25) is 0 Å². The maximum atomic E-state index is 5.89. The number of nitrogens with one attached hydrogen (secondary N) is 2. The number of aryl methyl sites for hydroxylation is 1. The average Bonchev–Trinajstić information content (AvgIpc) is 3.50. The van der Waals surface area contributed by atoms with Crippen molar-refractivity contribution in [1.29, 1.82) is 0 Å². The lowest BCUT2D eigenvalue weighted by Crippen LogP contribution is -1.90. The van der Waals surface area contributed by atoms with Crippen LogP contribution in [-0.2, 0) is 0 Å². The van der Waals surface area contributed by atoms with Gasteiger partial charge in [0, 0.05) is 33.3 Å². The second-order valence-electron chi connectivity index (χ2n) is 7.37. The average molecular weight is 424 g/mol. The van der Waals surface area contributed by atoms with E-state index in [-0.39, 0.29) is 0 Å². The van der Waals surface area contributed by atoms with Gasteiger partial charge in [-0.05, 0) is 43.3 Å². The van der Waals surface area contributed by atoms with Crippen molar-refractivity contribution in [3.8, 4) is 33.2 Å². The van der Waals surface area contributed by atoms with Crippen LogP contribution in [0.15, 0.2) is 60.9 Å². The Kier molecular flexibility index (Phi) is 3.87. The molecule has 0 unspecified atom stereocenters. The molecule has 0 amide bonds. The van der Waals surface area contributed by atoms with Crippen molar-refractivity contribution in [2.24, 2.45) is 0 Å². The molecule has 0 aliphatic rings. The predicted octanol–water partition coefficient (Wildman–Crippen LogP) is 5.18. The number of rotatable bonds is 3. The van der Waals surface area contributed by atoms with Crippen molar-refractivity contribution in [3.63, 3.8) is 0 Å². The lowest BCUT2D eigenvalue weighted by molar-refractivity contribution is 1.10. The van der Waals surface area contributed by atoms with Gasteiger partial charge >= 0.3 is 0 Å². The van der Waals surface area contributed by atoms with Crippen LogP contribution in [0.4, 0.5) is 5.69 Å². The minimum Gasteiger partial charge on any atom is -0.397 e. The number of nitrogens with zero attached hydrogens (tertiary/aromatic N) is 4.